The predicted octanol–water partition coefficient (Wildman–Crippen LogP) is 25.7. The number of benzene rings is 17. The zero-order chi connectivity index (χ0) is 79.1. The Kier molecular flexibility index (Phi) is 16.5. The lowest BCUT2D eigenvalue weighted by molar-refractivity contribution is 0.487. The van der Waals surface area contributed by atoms with Crippen LogP contribution in [0.25, 0.3) is 83.1 Å². The molecule has 0 unspecified atom stereocenters. The second-order valence-corrected chi connectivity index (χ2v) is 34.0. The molecule has 1 aromatic heterocycles. The number of aromatic nitrogens is 1. The summed E-state index contributed by atoms with van der Waals surface area (Å²) in [6, 6.07) is 147. The summed E-state index contributed by atoms with van der Waals surface area (Å²) in [5.74, 6) is 1.60. The molecule has 8 heteroatoms. The third-order valence-corrected chi connectivity index (χ3v) is 24.8. The minimum atomic E-state index is -0.328. The Hall–Kier alpha value is -14.3. The summed E-state index contributed by atoms with van der Waals surface area (Å²) in [6.07, 6.45) is 0. The van der Waals surface area contributed by atoms with Gasteiger partial charge in [0, 0.05) is 90.9 Å². The van der Waals surface area contributed by atoms with Crippen LogP contribution in [-0.4, -0.2) is 18.0 Å². The van der Waals surface area contributed by atoms with Crippen LogP contribution in [0.15, 0.2) is 394 Å². The molecule has 22 rings (SSSR count). The number of nitrogens with zero attached hydrogens (tertiary/aromatic N) is 5. The van der Waals surface area contributed by atoms with Gasteiger partial charge in [0.25, 0.3) is 13.4 Å². The predicted molar refractivity (Wildman–Crippen MR) is 500 cm³/mol. The van der Waals surface area contributed by atoms with E-state index in [1.54, 1.807) is 0 Å². The molecule has 0 bridgehead atoms. The summed E-state index contributed by atoms with van der Waals surface area (Å²) >= 11 is 0. The standard InChI is InChI=1S/C110H83B2N5O/c1-109(2,3)80-55-59-96-90(64-80)91-65-81(110(4,5)6)56-60-97(91)116(96)87-68-103-107-105(69-87)118-104-71-100-94(70-95(104)112(107)93-58-54-79(74-37-19-9-20-38-74)63-99(93)115(103)85-50-31-43-77(61-85)72-33-15-7-16-34-72)111-92-57-53-78(73-35-17-8-18-36-73)62-98(92)114(84-48-29-14-30-49-84)101-66-86(113(82-44-25-12-26-45-82)83-46-27-13-28-47-83)67-102(106(101)111)117(100)108-88(75-39-21-10-22-40-75)51-32-52-89(108)76-41-23-11-24-42-76/h7-71H,1-6H3. The first-order valence-corrected chi connectivity index (χ1v) is 41.3. The first kappa shape index (κ1) is 70.3. The fraction of sp³-hybridized carbons (Fsp3) is 0.0727. The van der Waals surface area contributed by atoms with Crippen LogP contribution in [0.2, 0.25) is 0 Å². The molecule has 0 saturated carbocycles. The van der Waals surface area contributed by atoms with Crippen LogP contribution >= 0.6 is 0 Å². The van der Waals surface area contributed by atoms with Gasteiger partial charge in [-0.25, -0.2) is 0 Å². The normalized spacial score (nSPS) is 13.0. The number of para-hydroxylation sites is 4. The molecule has 4 aliphatic heterocycles. The smallest absolute Gasteiger partial charge is 0.256 e. The van der Waals surface area contributed by atoms with Crippen molar-refractivity contribution in [1.29, 1.82) is 0 Å². The number of anilines is 12. The van der Waals surface area contributed by atoms with E-state index in [-0.39, 0.29) is 24.3 Å². The molecule has 0 aliphatic carbocycles. The van der Waals surface area contributed by atoms with Crippen LogP contribution in [-0.2, 0) is 10.8 Å². The summed E-state index contributed by atoms with van der Waals surface area (Å²) in [6.45, 7) is 13.3. The van der Waals surface area contributed by atoms with Crippen LogP contribution < -0.4 is 57.1 Å². The molecule has 0 N–H and O–H groups in total. The number of ether oxygens (including phenoxy) is 1. The van der Waals surface area contributed by atoms with Gasteiger partial charge in [-0.15, -0.1) is 0 Å². The van der Waals surface area contributed by atoms with Crippen molar-refractivity contribution < 1.29 is 4.74 Å². The Bertz CT molecular complexity index is 6820. The van der Waals surface area contributed by atoms with Crippen LogP contribution in [0.3, 0.4) is 0 Å². The molecule has 0 radical (unpaired) electrons. The van der Waals surface area contributed by atoms with E-state index in [1.807, 2.05) is 0 Å². The zero-order valence-corrected chi connectivity index (χ0v) is 66.8. The molecular weight excluding hydrogens is 1430 g/mol. The van der Waals surface area contributed by atoms with Crippen molar-refractivity contribution in [2.24, 2.45) is 0 Å². The Morgan fingerprint density at radius 2 is 0.661 bits per heavy atom. The van der Waals surface area contributed by atoms with Crippen molar-refractivity contribution in [1.82, 2.24) is 4.57 Å². The van der Waals surface area contributed by atoms with E-state index < -0.39 is 0 Å². The number of fused-ring (bicyclic) bond motifs is 11. The van der Waals surface area contributed by atoms with Crippen LogP contribution in [0, 0.1) is 0 Å². The fourth-order valence-corrected chi connectivity index (χ4v) is 19.2. The first-order chi connectivity index (χ1) is 57.8. The maximum absolute atomic E-state index is 8.28. The third-order valence-electron chi connectivity index (χ3n) is 24.8. The highest BCUT2D eigenvalue weighted by Crippen LogP contribution is 2.55. The quantitative estimate of drug-likeness (QED) is 0.114. The molecule has 0 saturated heterocycles. The Morgan fingerprint density at radius 1 is 0.254 bits per heavy atom. The maximum atomic E-state index is 8.28. The number of hydrogen-bond acceptors (Lipinski definition) is 5. The molecule has 18 aromatic rings. The second-order valence-electron chi connectivity index (χ2n) is 34.0. The van der Waals surface area contributed by atoms with E-state index >= 15 is 0 Å². The SMILES string of the molecule is CC(C)(C)c1ccc2c(c1)c1cc(C(C)(C)C)ccc1n2-c1cc2c3c(c1)N(c1cccc(-c4ccccc4)c1)c1cc(-c4ccccc4)ccc1B3c1cc3c(cc1O2)N(c1c(-c2ccccc2)cccc1-c1ccccc1)c1cc(N(c2ccccc2)c2ccccc2)cc2c1B3c1ccc(-c3ccccc3)cc1N2c1ccccc1. The summed E-state index contributed by atoms with van der Waals surface area (Å²) in [5.41, 5.74) is 36.6. The maximum Gasteiger partial charge on any atom is 0.256 e. The highest BCUT2D eigenvalue weighted by Gasteiger charge is 2.49. The van der Waals surface area contributed by atoms with Gasteiger partial charge in [-0.3, -0.25) is 0 Å². The van der Waals surface area contributed by atoms with Crippen molar-refractivity contribution in [3.8, 4) is 72.8 Å². The van der Waals surface area contributed by atoms with Crippen molar-refractivity contribution >= 4 is 136 Å². The first-order valence-electron chi connectivity index (χ1n) is 41.3. The van der Waals surface area contributed by atoms with Crippen molar-refractivity contribution in [3.63, 3.8) is 0 Å². The molecule has 17 aromatic carbocycles. The average Bonchev–Trinajstić information content (AvgIpc) is 0.733. The van der Waals surface area contributed by atoms with Gasteiger partial charge in [0.15, 0.2) is 0 Å². The molecule has 0 fully saturated rings. The number of hydrogen-bond donors (Lipinski definition) is 0. The van der Waals surface area contributed by atoms with Crippen LogP contribution in [0.4, 0.5) is 68.2 Å². The summed E-state index contributed by atoms with van der Waals surface area (Å²) < 4.78 is 10.8. The Labute approximate surface area is 691 Å². The highest BCUT2D eigenvalue weighted by molar-refractivity contribution is 7.02. The summed E-state index contributed by atoms with van der Waals surface area (Å²) in [7, 11) is 0. The summed E-state index contributed by atoms with van der Waals surface area (Å²) in [4.78, 5) is 10.2. The molecule has 5 heterocycles. The monoisotopic (exact) mass is 1510 g/mol. The fourth-order valence-electron chi connectivity index (χ4n) is 19.2. The average molecular weight is 1510 g/mol. The molecule has 6 nitrogen and oxygen atoms in total. The molecule has 4 aliphatic rings. The number of rotatable bonds is 12. The highest BCUT2D eigenvalue weighted by atomic mass is 16.5. The van der Waals surface area contributed by atoms with Gasteiger partial charge >= 0.3 is 0 Å². The Balaban J connectivity index is 0.881. The lowest BCUT2D eigenvalue weighted by Gasteiger charge is -2.46. The lowest BCUT2D eigenvalue weighted by atomic mass is 9.30. The van der Waals surface area contributed by atoms with Crippen LogP contribution in [0.1, 0.15) is 52.7 Å². The molecule has 0 amide bonds. The third kappa shape index (κ3) is 11.6. The molecule has 0 spiro atoms. The second kappa shape index (κ2) is 27.7. The van der Waals surface area contributed by atoms with Gasteiger partial charge in [0.2, 0.25) is 0 Å². The molecular formula is C110H83B2N5O. The van der Waals surface area contributed by atoms with E-state index in [4.69, 9.17) is 4.74 Å². The van der Waals surface area contributed by atoms with E-state index in [0.29, 0.717) is 0 Å². The van der Waals surface area contributed by atoms with Crippen molar-refractivity contribution in [2.45, 2.75) is 52.4 Å². The van der Waals surface area contributed by atoms with E-state index in [2.05, 4.69) is 460 Å². The van der Waals surface area contributed by atoms with E-state index in [1.165, 1.54) is 43.8 Å². The lowest BCUT2D eigenvalue weighted by Crippen LogP contribution is -2.64. The van der Waals surface area contributed by atoms with E-state index in [9.17, 15) is 0 Å². The zero-order valence-electron chi connectivity index (χ0n) is 66.8. The largest absolute Gasteiger partial charge is 0.458 e. The molecule has 118 heavy (non-hydrogen) atoms. The molecule has 560 valence electrons. The topological polar surface area (TPSA) is 27.1 Å². The van der Waals surface area contributed by atoms with Gasteiger partial charge < -0.3 is 28.9 Å². The van der Waals surface area contributed by atoms with Crippen LogP contribution in [0.5, 0.6) is 11.5 Å². The Morgan fingerprint density at radius 3 is 1.16 bits per heavy atom. The van der Waals surface area contributed by atoms with Crippen molar-refractivity contribution in [2.75, 3.05) is 19.6 Å². The summed E-state index contributed by atoms with van der Waals surface area (Å²) in [5, 5.41) is 2.45. The van der Waals surface area contributed by atoms with Gasteiger partial charge in [-0.05, 0) is 202 Å². The minimum Gasteiger partial charge on any atom is -0.458 e. The van der Waals surface area contributed by atoms with Gasteiger partial charge in [-0.1, -0.05) is 321 Å². The minimum absolute atomic E-state index is 0.0924. The van der Waals surface area contributed by atoms with Gasteiger partial charge in [0.05, 0.1) is 28.1 Å². The van der Waals surface area contributed by atoms with Crippen molar-refractivity contribution in [3.05, 3.63) is 405 Å². The van der Waals surface area contributed by atoms with E-state index in [0.717, 1.165) is 163 Å². The molecule has 0 atom stereocenters. The van der Waals surface area contributed by atoms with Gasteiger partial charge in [-0.2, -0.15) is 0 Å². The van der Waals surface area contributed by atoms with Gasteiger partial charge in [0.1, 0.15) is 11.5 Å².